The molecule has 122 valence electrons. The zero-order chi connectivity index (χ0) is 15.4. The molecule has 3 rings (SSSR count). The third-order valence-electron chi connectivity index (χ3n) is 2.86. The third-order valence-corrected chi connectivity index (χ3v) is 2.86. The van der Waals surface area contributed by atoms with Gasteiger partial charge >= 0.3 is 0 Å². The summed E-state index contributed by atoms with van der Waals surface area (Å²) in [4.78, 5) is 2.36. The van der Waals surface area contributed by atoms with Crippen LogP contribution in [0.15, 0.2) is 24.3 Å². The van der Waals surface area contributed by atoms with Crippen molar-refractivity contribution in [3.63, 3.8) is 0 Å². The standard InChI is InChI=1S/C11H13N3.3C2H6.ClH/c1-2-6-10-9(5-1)11(13-12-10)14-7-3-4-8-14;3*1-2;/h1-2,5-6H,3-4,7-8H2,(H,12,13);3*1-2H3;1H. The monoisotopic (exact) mass is 313 g/mol. The normalized spacial score (nSPS) is 12.0. The lowest BCUT2D eigenvalue weighted by atomic mass is 10.2. The van der Waals surface area contributed by atoms with E-state index >= 15 is 0 Å². The molecule has 0 saturated carbocycles. The van der Waals surface area contributed by atoms with Gasteiger partial charge in [0.05, 0.1) is 5.52 Å². The predicted octanol–water partition coefficient (Wildman–Crippen LogP) is 5.66. The molecule has 0 atom stereocenters. The highest BCUT2D eigenvalue weighted by atomic mass is 35.5. The lowest BCUT2D eigenvalue weighted by Gasteiger charge is -2.13. The summed E-state index contributed by atoms with van der Waals surface area (Å²) >= 11 is 0. The van der Waals surface area contributed by atoms with Crippen molar-refractivity contribution in [2.24, 2.45) is 0 Å². The van der Waals surface area contributed by atoms with Crippen LogP contribution >= 0.6 is 12.4 Å². The Labute approximate surface area is 136 Å². The van der Waals surface area contributed by atoms with Crippen molar-refractivity contribution in [1.82, 2.24) is 10.2 Å². The SMILES string of the molecule is CC.CC.CC.Cl.c1ccc2c(N3CCCC3)n[nH]c2c1. The average molecular weight is 314 g/mol. The number of nitrogens with one attached hydrogen (secondary N) is 1. The van der Waals surface area contributed by atoms with E-state index in [1.807, 2.05) is 47.6 Å². The first-order valence-corrected chi connectivity index (χ1v) is 8.13. The Kier molecular flexibility index (Phi) is 14.4. The molecule has 0 spiro atoms. The summed E-state index contributed by atoms with van der Waals surface area (Å²) in [5.74, 6) is 1.12. The van der Waals surface area contributed by atoms with E-state index < -0.39 is 0 Å². The Morgan fingerprint density at radius 2 is 1.43 bits per heavy atom. The molecule has 3 nitrogen and oxygen atoms in total. The molecule has 0 amide bonds. The van der Waals surface area contributed by atoms with E-state index in [0.29, 0.717) is 0 Å². The molecule has 1 aliphatic rings. The highest BCUT2D eigenvalue weighted by molar-refractivity contribution is 5.90. The predicted molar refractivity (Wildman–Crippen MR) is 98.8 cm³/mol. The molecule has 1 saturated heterocycles. The number of H-pyrrole nitrogens is 1. The summed E-state index contributed by atoms with van der Waals surface area (Å²) in [7, 11) is 0. The molecule has 1 N–H and O–H groups in total. The molecule has 4 heteroatoms. The van der Waals surface area contributed by atoms with Crippen LogP contribution in [-0.4, -0.2) is 23.3 Å². The van der Waals surface area contributed by atoms with Gasteiger partial charge < -0.3 is 4.90 Å². The molecule has 0 unspecified atom stereocenters. The first kappa shape index (κ1) is 22.1. The van der Waals surface area contributed by atoms with Crippen LogP contribution in [0.25, 0.3) is 10.9 Å². The Hall–Kier alpha value is -1.22. The summed E-state index contributed by atoms with van der Waals surface area (Å²) in [6.45, 7) is 14.3. The number of halogens is 1. The number of aromatic amines is 1. The van der Waals surface area contributed by atoms with Gasteiger partial charge in [0.15, 0.2) is 5.82 Å². The van der Waals surface area contributed by atoms with Crippen molar-refractivity contribution in [3.05, 3.63) is 24.3 Å². The van der Waals surface area contributed by atoms with Gasteiger partial charge in [-0.15, -0.1) is 12.4 Å². The Morgan fingerprint density at radius 3 is 2.00 bits per heavy atom. The number of benzene rings is 1. The van der Waals surface area contributed by atoms with Crippen molar-refractivity contribution in [2.45, 2.75) is 54.4 Å². The number of fused-ring (bicyclic) bond motifs is 1. The smallest absolute Gasteiger partial charge is 0.158 e. The largest absolute Gasteiger partial charge is 0.355 e. The first-order valence-electron chi connectivity index (χ1n) is 8.13. The van der Waals surface area contributed by atoms with Crippen molar-refractivity contribution in [2.75, 3.05) is 18.0 Å². The number of nitrogens with zero attached hydrogens (tertiary/aromatic N) is 2. The van der Waals surface area contributed by atoms with Gasteiger partial charge in [-0.05, 0) is 25.0 Å². The van der Waals surface area contributed by atoms with Crippen LogP contribution in [0.5, 0.6) is 0 Å². The van der Waals surface area contributed by atoms with Gasteiger partial charge in [0.2, 0.25) is 0 Å². The molecule has 1 fully saturated rings. The van der Waals surface area contributed by atoms with Gasteiger partial charge in [-0.1, -0.05) is 53.7 Å². The van der Waals surface area contributed by atoms with Crippen molar-refractivity contribution in [3.8, 4) is 0 Å². The maximum Gasteiger partial charge on any atom is 0.158 e. The summed E-state index contributed by atoms with van der Waals surface area (Å²) in [6, 6.07) is 8.31. The molecule has 0 aliphatic carbocycles. The minimum Gasteiger partial charge on any atom is -0.355 e. The first-order chi connectivity index (χ1) is 9.95. The fraction of sp³-hybridized carbons (Fsp3) is 0.588. The number of para-hydroxylation sites is 1. The van der Waals surface area contributed by atoms with E-state index in [4.69, 9.17) is 0 Å². The zero-order valence-electron chi connectivity index (χ0n) is 14.4. The number of rotatable bonds is 1. The fourth-order valence-corrected chi connectivity index (χ4v) is 2.12. The Morgan fingerprint density at radius 1 is 0.905 bits per heavy atom. The highest BCUT2D eigenvalue weighted by Gasteiger charge is 2.16. The quantitative estimate of drug-likeness (QED) is 0.736. The maximum absolute atomic E-state index is 4.38. The third kappa shape index (κ3) is 5.96. The van der Waals surface area contributed by atoms with Crippen LogP contribution in [0.3, 0.4) is 0 Å². The molecule has 0 bridgehead atoms. The Balaban J connectivity index is 0. The molecule has 1 aromatic heterocycles. The second-order valence-corrected chi connectivity index (χ2v) is 3.79. The average Bonchev–Trinajstić information content (AvgIpc) is 3.22. The molecular weight excluding hydrogens is 282 g/mol. The molecule has 2 aromatic rings. The number of hydrogen-bond donors (Lipinski definition) is 1. The van der Waals surface area contributed by atoms with E-state index in [1.165, 1.54) is 18.2 Å². The number of hydrogen-bond acceptors (Lipinski definition) is 2. The van der Waals surface area contributed by atoms with Gasteiger partial charge in [-0.2, -0.15) is 5.10 Å². The van der Waals surface area contributed by atoms with Crippen LogP contribution in [0.4, 0.5) is 5.82 Å². The second-order valence-electron chi connectivity index (χ2n) is 3.79. The maximum atomic E-state index is 4.38. The van der Waals surface area contributed by atoms with Gasteiger partial charge in [0.25, 0.3) is 0 Å². The van der Waals surface area contributed by atoms with Crippen LogP contribution in [0.2, 0.25) is 0 Å². The zero-order valence-corrected chi connectivity index (χ0v) is 15.3. The summed E-state index contributed by atoms with van der Waals surface area (Å²) < 4.78 is 0. The topological polar surface area (TPSA) is 31.9 Å². The highest BCUT2D eigenvalue weighted by Crippen LogP contribution is 2.26. The van der Waals surface area contributed by atoms with Crippen molar-refractivity contribution in [1.29, 1.82) is 0 Å². The fourth-order valence-electron chi connectivity index (χ4n) is 2.12. The molecule has 1 aromatic carbocycles. The van der Waals surface area contributed by atoms with Gasteiger partial charge in [-0.25, -0.2) is 0 Å². The second kappa shape index (κ2) is 13.7. The molecule has 21 heavy (non-hydrogen) atoms. The minimum absolute atomic E-state index is 0. The summed E-state index contributed by atoms with van der Waals surface area (Å²) in [6.07, 6.45) is 2.59. The van der Waals surface area contributed by atoms with E-state index in [0.717, 1.165) is 24.4 Å². The molecule has 0 radical (unpaired) electrons. The van der Waals surface area contributed by atoms with Gasteiger partial charge in [-0.3, -0.25) is 5.10 Å². The van der Waals surface area contributed by atoms with Crippen LogP contribution in [-0.2, 0) is 0 Å². The van der Waals surface area contributed by atoms with Crippen LogP contribution in [0, 0.1) is 0 Å². The molecule has 1 aliphatic heterocycles. The van der Waals surface area contributed by atoms with Crippen molar-refractivity contribution < 1.29 is 0 Å². The van der Waals surface area contributed by atoms with Crippen molar-refractivity contribution >= 4 is 29.1 Å². The number of aromatic nitrogens is 2. The minimum atomic E-state index is 0. The van der Waals surface area contributed by atoms with Crippen LogP contribution < -0.4 is 4.90 Å². The van der Waals surface area contributed by atoms with E-state index in [-0.39, 0.29) is 12.4 Å². The molecular formula is C17H32ClN3. The van der Waals surface area contributed by atoms with E-state index in [2.05, 4.69) is 33.3 Å². The van der Waals surface area contributed by atoms with E-state index in [9.17, 15) is 0 Å². The lowest BCUT2D eigenvalue weighted by molar-refractivity contribution is 0.926. The van der Waals surface area contributed by atoms with Gasteiger partial charge in [0.1, 0.15) is 0 Å². The van der Waals surface area contributed by atoms with Gasteiger partial charge in [0, 0.05) is 18.5 Å². The van der Waals surface area contributed by atoms with Crippen LogP contribution in [0.1, 0.15) is 54.4 Å². The summed E-state index contributed by atoms with van der Waals surface area (Å²) in [5.41, 5.74) is 1.13. The van der Waals surface area contributed by atoms with E-state index in [1.54, 1.807) is 0 Å². The lowest BCUT2D eigenvalue weighted by Crippen LogP contribution is -2.18. The molecule has 2 heterocycles. The summed E-state index contributed by atoms with van der Waals surface area (Å²) in [5, 5.41) is 8.70. The number of anilines is 1. The Bertz CT molecular complexity index is 448.